The fourth-order valence-corrected chi connectivity index (χ4v) is 3.66. The van der Waals surface area contributed by atoms with Crippen LogP contribution in [0.2, 0.25) is 0 Å². The van der Waals surface area contributed by atoms with E-state index < -0.39 is 5.97 Å². The van der Waals surface area contributed by atoms with Crippen LogP contribution in [0.15, 0.2) is 54.6 Å². The van der Waals surface area contributed by atoms with E-state index in [0.29, 0.717) is 23.2 Å². The Balaban J connectivity index is 1.92. The highest BCUT2D eigenvalue weighted by molar-refractivity contribution is 6.07. The number of carbonyl (C=O) groups is 2. The Bertz CT molecular complexity index is 1110. The van der Waals surface area contributed by atoms with Crippen molar-refractivity contribution in [2.24, 2.45) is 0 Å². The molecule has 3 aromatic carbocycles. The van der Waals surface area contributed by atoms with Crippen molar-refractivity contribution in [3.05, 3.63) is 88.0 Å². The molecule has 0 radical (unpaired) electrons. The summed E-state index contributed by atoms with van der Waals surface area (Å²) in [6, 6.07) is 17.2. The molecule has 2 N–H and O–H groups in total. The van der Waals surface area contributed by atoms with Gasteiger partial charge >= 0.3 is 5.97 Å². The fraction of sp³-hybridized carbons (Fsp3) is 0.231. The molecule has 0 aliphatic rings. The van der Waals surface area contributed by atoms with E-state index in [-0.39, 0.29) is 12.5 Å². The standard InChI is InChI=1S/C26H27NO4/c1-16-8-9-21(20-7-5-6-19(14-20)10-11-28)15-23(16)25(29)27-24-17(2)12-22(13-18(24)3)26(30)31-4/h5-9,12-15,28H,10-11H2,1-4H3,(H,27,29). The molecule has 0 aliphatic heterocycles. The zero-order chi connectivity index (χ0) is 22.5. The van der Waals surface area contributed by atoms with Crippen LogP contribution in [0.4, 0.5) is 5.69 Å². The molecule has 0 saturated carbocycles. The number of nitrogens with one attached hydrogen (secondary N) is 1. The van der Waals surface area contributed by atoms with Crippen LogP contribution in [0.3, 0.4) is 0 Å². The van der Waals surface area contributed by atoms with Gasteiger partial charge < -0.3 is 15.2 Å². The van der Waals surface area contributed by atoms with E-state index in [4.69, 9.17) is 4.74 Å². The Morgan fingerprint density at radius 2 is 1.58 bits per heavy atom. The number of methoxy groups -OCH3 is 1. The SMILES string of the molecule is COC(=O)c1cc(C)c(NC(=O)c2cc(-c3cccc(CCO)c3)ccc2C)c(C)c1. The summed E-state index contributed by atoms with van der Waals surface area (Å²) >= 11 is 0. The van der Waals surface area contributed by atoms with Crippen molar-refractivity contribution in [1.29, 1.82) is 0 Å². The van der Waals surface area contributed by atoms with E-state index in [1.165, 1.54) is 7.11 Å². The first-order chi connectivity index (χ1) is 14.8. The number of hydrogen-bond donors (Lipinski definition) is 2. The highest BCUT2D eigenvalue weighted by Gasteiger charge is 2.16. The highest BCUT2D eigenvalue weighted by atomic mass is 16.5. The van der Waals surface area contributed by atoms with Crippen molar-refractivity contribution < 1.29 is 19.4 Å². The van der Waals surface area contributed by atoms with Crippen LogP contribution in [-0.4, -0.2) is 30.7 Å². The first-order valence-corrected chi connectivity index (χ1v) is 10.2. The van der Waals surface area contributed by atoms with Gasteiger partial charge in [0.05, 0.1) is 12.7 Å². The minimum Gasteiger partial charge on any atom is -0.465 e. The number of aliphatic hydroxyl groups is 1. The van der Waals surface area contributed by atoms with Crippen molar-refractivity contribution >= 4 is 17.6 Å². The van der Waals surface area contributed by atoms with Crippen LogP contribution in [0, 0.1) is 20.8 Å². The number of hydrogen-bond acceptors (Lipinski definition) is 4. The predicted octanol–water partition coefficient (Wildman–Crippen LogP) is 4.85. The Kier molecular flexibility index (Phi) is 6.88. The van der Waals surface area contributed by atoms with E-state index in [2.05, 4.69) is 5.32 Å². The number of rotatable bonds is 6. The monoisotopic (exact) mass is 417 g/mol. The lowest BCUT2D eigenvalue weighted by Gasteiger charge is -2.15. The number of anilines is 1. The van der Waals surface area contributed by atoms with Crippen LogP contribution in [0.25, 0.3) is 11.1 Å². The molecular weight excluding hydrogens is 390 g/mol. The Morgan fingerprint density at radius 1 is 0.903 bits per heavy atom. The van der Waals surface area contributed by atoms with Crippen LogP contribution in [0.5, 0.6) is 0 Å². The Labute approximate surface area is 182 Å². The quantitative estimate of drug-likeness (QED) is 0.562. The van der Waals surface area contributed by atoms with E-state index >= 15 is 0 Å². The molecule has 3 aromatic rings. The third-order valence-electron chi connectivity index (χ3n) is 5.34. The zero-order valence-corrected chi connectivity index (χ0v) is 18.3. The zero-order valence-electron chi connectivity index (χ0n) is 18.3. The van der Waals surface area contributed by atoms with Gasteiger partial charge in [0, 0.05) is 17.9 Å². The van der Waals surface area contributed by atoms with Crippen LogP contribution < -0.4 is 5.32 Å². The summed E-state index contributed by atoms with van der Waals surface area (Å²) in [5.74, 6) is -0.612. The van der Waals surface area contributed by atoms with Crippen molar-refractivity contribution in [3.63, 3.8) is 0 Å². The maximum Gasteiger partial charge on any atom is 0.337 e. The molecule has 31 heavy (non-hydrogen) atoms. The first kappa shape index (κ1) is 22.2. The summed E-state index contributed by atoms with van der Waals surface area (Å²) in [4.78, 5) is 25.0. The number of benzene rings is 3. The lowest BCUT2D eigenvalue weighted by atomic mass is 9.97. The second-order valence-electron chi connectivity index (χ2n) is 7.63. The minimum atomic E-state index is -0.406. The van der Waals surface area contributed by atoms with Gasteiger partial charge in [-0.3, -0.25) is 4.79 Å². The second kappa shape index (κ2) is 9.58. The summed E-state index contributed by atoms with van der Waals surface area (Å²) in [5, 5.41) is 12.2. The molecule has 0 aromatic heterocycles. The Morgan fingerprint density at radius 3 is 2.23 bits per heavy atom. The minimum absolute atomic E-state index is 0.0957. The predicted molar refractivity (Wildman–Crippen MR) is 123 cm³/mol. The molecule has 0 unspecified atom stereocenters. The number of aliphatic hydroxyl groups excluding tert-OH is 1. The van der Waals surface area contributed by atoms with Crippen LogP contribution in [0.1, 0.15) is 43.0 Å². The molecule has 5 heteroatoms. The third kappa shape index (κ3) is 5.01. The number of carbonyl (C=O) groups excluding carboxylic acids is 2. The van der Waals surface area contributed by atoms with Gasteiger partial charge in [0.25, 0.3) is 5.91 Å². The van der Waals surface area contributed by atoms with Gasteiger partial charge in [-0.25, -0.2) is 4.79 Å². The van der Waals surface area contributed by atoms with Gasteiger partial charge in [0.2, 0.25) is 0 Å². The fourth-order valence-electron chi connectivity index (χ4n) is 3.66. The molecule has 160 valence electrons. The number of ether oxygens (including phenoxy) is 1. The van der Waals surface area contributed by atoms with Crippen LogP contribution in [-0.2, 0) is 11.2 Å². The van der Waals surface area contributed by atoms with Gasteiger partial charge in [-0.2, -0.15) is 0 Å². The third-order valence-corrected chi connectivity index (χ3v) is 5.34. The summed E-state index contributed by atoms with van der Waals surface area (Å²) in [6.07, 6.45) is 0.590. The summed E-state index contributed by atoms with van der Waals surface area (Å²) in [6.45, 7) is 5.70. The normalized spacial score (nSPS) is 10.6. The average molecular weight is 418 g/mol. The molecule has 1 amide bonds. The van der Waals surface area contributed by atoms with Crippen LogP contribution >= 0.6 is 0 Å². The number of amides is 1. The van der Waals surface area contributed by atoms with Gasteiger partial charge in [0.15, 0.2) is 0 Å². The van der Waals surface area contributed by atoms with E-state index in [1.807, 2.05) is 63.2 Å². The molecule has 0 aliphatic carbocycles. The number of aryl methyl sites for hydroxylation is 3. The first-order valence-electron chi connectivity index (χ1n) is 10.2. The smallest absolute Gasteiger partial charge is 0.337 e. The maximum absolute atomic E-state index is 13.1. The van der Waals surface area contributed by atoms with Gasteiger partial charge in [-0.05, 0) is 78.8 Å². The summed E-state index contributed by atoms with van der Waals surface area (Å²) < 4.78 is 4.79. The average Bonchev–Trinajstić information content (AvgIpc) is 2.76. The lowest BCUT2D eigenvalue weighted by Crippen LogP contribution is -2.16. The Hall–Kier alpha value is -3.44. The molecule has 0 spiro atoms. The maximum atomic E-state index is 13.1. The van der Waals surface area contributed by atoms with Gasteiger partial charge in [0.1, 0.15) is 0 Å². The van der Waals surface area contributed by atoms with Gasteiger partial charge in [-0.15, -0.1) is 0 Å². The van der Waals surface area contributed by atoms with E-state index in [9.17, 15) is 14.7 Å². The molecule has 0 bridgehead atoms. The highest BCUT2D eigenvalue weighted by Crippen LogP contribution is 2.27. The molecule has 0 fully saturated rings. The molecule has 0 saturated heterocycles. The lowest BCUT2D eigenvalue weighted by molar-refractivity contribution is 0.0600. The van der Waals surface area contributed by atoms with Gasteiger partial charge in [-0.1, -0.05) is 36.4 Å². The second-order valence-corrected chi connectivity index (χ2v) is 7.63. The molecule has 5 nitrogen and oxygen atoms in total. The van der Waals surface area contributed by atoms with Crippen molar-refractivity contribution in [2.75, 3.05) is 19.0 Å². The molecule has 3 rings (SSSR count). The largest absolute Gasteiger partial charge is 0.465 e. The molecule has 0 heterocycles. The van der Waals surface area contributed by atoms with E-state index in [0.717, 1.165) is 33.4 Å². The topological polar surface area (TPSA) is 75.6 Å². The molecule has 0 atom stereocenters. The molecular formula is C26H27NO4. The summed E-state index contributed by atoms with van der Waals surface area (Å²) in [7, 11) is 1.35. The summed E-state index contributed by atoms with van der Waals surface area (Å²) in [5.41, 5.74) is 7.15. The number of esters is 1. The van der Waals surface area contributed by atoms with Crippen molar-refractivity contribution in [1.82, 2.24) is 0 Å². The van der Waals surface area contributed by atoms with E-state index in [1.54, 1.807) is 12.1 Å². The van der Waals surface area contributed by atoms with Crippen molar-refractivity contribution in [2.45, 2.75) is 27.2 Å². The van der Waals surface area contributed by atoms with Crippen molar-refractivity contribution in [3.8, 4) is 11.1 Å².